The van der Waals surface area contributed by atoms with E-state index in [-0.39, 0.29) is 23.9 Å². The minimum Gasteiger partial charge on any atom is -0.489 e. The molecule has 0 radical (unpaired) electrons. The van der Waals surface area contributed by atoms with Crippen molar-refractivity contribution in [2.75, 3.05) is 0 Å². The van der Waals surface area contributed by atoms with E-state index in [2.05, 4.69) is 21.0 Å². The Kier molecular flexibility index (Phi) is 7.04. The van der Waals surface area contributed by atoms with Crippen LogP contribution in [0.5, 0.6) is 5.75 Å². The molecular formula is C28H25BrFN3O2. The van der Waals surface area contributed by atoms with Gasteiger partial charge in [0.2, 0.25) is 0 Å². The molecule has 1 saturated carbocycles. The first-order valence-corrected chi connectivity index (χ1v) is 12.6. The highest BCUT2D eigenvalue weighted by Gasteiger charge is 2.22. The number of rotatable bonds is 6. The largest absolute Gasteiger partial charge is 0.489 e. The van der Waals surface area contributed by atoms with Crippen molar-refractivity contribution in [2.24, 2.45) is 5.10 Å². The summed E-state index contributed by atoms with van der Waals surface area (Å²) in [7, 11) is 0. The van der Waals surface area contributed by atoms with Gasteiger partial charge in [-0.3, -0.25) is 4.79 Å². The standard InChI is InChI=1S/C28H25BrFN3O2/c29-22-13-14-26-24(16-22)28(34)33(27(32-26)20-8-2-1-3-9-20)31-17-19-7-6-11-23(15-19)35-18-21-10-4-5-12-25(21)30/h4-7,10-17,20H,1-3,8-9,18H2. The van der Waals surface area contributed by atoms with E-state index in [0.717, 1.165) is 35.7 Å². The van der Waals surface area contributed by atoms with Gasteiger partial charge in [0.15, 0.2) is 0 Å². The Labute approximate surface area is 211 Å². The molecule has 0 aliphatic heterocycles. The van der Waals surface area contributed by atoms with Crippen LogP contribution in [0.3, 0.4) is 0 Å². The molecule has 0 amide bonds. The van der Waals surface area contributed by atoms with Crippen LogP contribution in [-0.4, -0.2) is 15.9 Å². The van der Waals surface area contributed by atoms with Crippen molar-refractivity contribution in [1.82, 2.24) is 9.66 Å². The number of aromatic nitrogens is 2. The molecule has 178 valence electrons. The van der Waals surface area contributed by atoms with Crippen molar-refractivity contribution < 1.29 is 9.13 Å². The number of hydrogen-bond acceptors (Lipinski definition) is 4. The third-order valence-corrected chi connectivity index (χ3v) is 6.83. The maximum Gasteiger partial charge on any atom is 0.282 e. The normalized spacial score (nSPS) is 14.6. The highest BCUT2D eigenvalue weighted by atomic mass is 79.9. The van der Waals surface area contributed by atoms with E-state index in [1.807, 2.05) is 36.4 Å². The SMILES string of the molecule is O=c1c2cc(Br)ccc2nc(C2CCCCC2)n1N=Cc1cccc(OCc2ccccc2F)c1. The molecule has 35 heavy (non-hydrogen) atoms. The lowest BCUT2D eigenvalue weighted by molar-refractivity contribution is 0.300. The number of hydrogen-bond donors (Lipinski definition) is 0. The molecule has 5 nitrogen and oxygen atoms in total. The Morgan fingerprint density at radius 3 is 2.71 bits per heavy atom. The summed E-state index contributed by atoms with van der Waals surface area (Å²) in [5, 5.41) is 5.12. The van der Waals surface area contributed by atoms with E-state index >= 15 is 0 Å². The molecule has 0 N–H and O–H groups in total. The predicted molar refractivity (Wildman–Crippen MR) is 140 cm³/mol. The molecule has 5 rings (SSSR count). The van der Waals surface area contributed by atoms with Crippen LogP contribution < -0.4 is 10.3 Å². The van der Waals surface area contributed by atoms with Crippen LogP contribution in [0.25, 0.3) is 10.9 Å². The Morgan fingerprint density at radius 2 is 1.89 bits per heavy atom. The molecule has 3 aromatic carbocycles. The Balaban J connectivity index is 1.46. The Hall–Kier alpha value is -3.32. The van der Waals surface area contributed by atoms with E-state index < -0.39 is 0 Å². The molecule has 0 spiro atoms. The summed E-state index contributed by atoms with van der Waals surface area (Å²) in [4.78, 5) is 18.3. The number of halogens is 2. The quantitative estimate of drug-likeness (QED) is 0.256. The molecule has 1 aromatic heterocycles. The molecule has 1 aliphatic carbocycles. The van der Waals surface area contributed by atoms with Crippen molar-refractivity contribution >= 4 is 33.0 Å². The molecule has 0 saturated heterocycles. The molecule has 0 bridgehead atoms. The second kappa shape index (κ2) is 10.5. The summed E-state index contributed by atoms with van der Waals surface area (Å²) >= 11 is 3.45. The van der Waals surface area contributed by atoms with Crippen molar-refractivity contribution in [2.45, 2.75) is 44.6 Å². The zero-order valence-corrected chi connectivity index (χ0v) is 20.7. The average Bonchev–Trinajstić information content (AvgIpc) is 2.89. The van der Waals surface area contributed by atoms with E-state index in [0.29, 0.717) is 28.0 Å². The lowest BCUT2D eigenvalue weighted by Crippen LogP contribution is -2.25. The first-order chi connectivity index (χ1) is 17.1. The number of benzene rings is 3. The van der Waals surface area contributed by atoms with Gasteiger partial charge in [0, 0.05) is 16.0 Å². The maximum atomic E-state index is 13.9. The summed E-state index contributed by atoms with van der Waals surface area (Å²) in [5.74, 6) is 1.22. The summed E-state index contributed by atoms with van der Waals surface area (Å²) in [6.07, 6.45) is 7.13. The van der Waals surface area contributed by atoms with Gasteiger partial charge in [-0.05, 0) is 54.8 Å². The van der Waals surface area contributed by atoms with E-state index in [4.69, 9.17) is 9.72 Å². The average molecular weight is 534 g/mol. The van der Waals surface area contributed by atoms with Crippen LogP contribution in [0, 0.1) is 5.82 Å². The molecule has 1 heterocycles. The molecule has 1 fully saturated rings. The van der Waals surface area contributed by atoms with Gasteiger partial charge in [0.05, 0.1) is 17.1 Å². The molecule has 0 atom stereocenters. The highest BCUT2D eigenvalue weighted by Crippen LogP contribution is 2.32. The zero-order valence-electron chi connectivity index (χ0n) is 19.2. The molecule has 7 heteroatoms. The first kappa shape index (κ1) is 23.4. The van der Waals surface area contributed by atoms with Crippen molar-refractivity contribution in [3.05, 3.63) is 104 Å². The van der Waals surface area contributed by atoms with Crippen LogP contribution in [0.2, 0.25) is 0 Å². The summed E-state index contributed by atoms with van der Waals surface area (Å²) in [6, 6.07) is 19.5. The lowest BCUT2D eigenvalue weighted by atomic mass is 9.88. The van der Waals surface area contributed by atoms with E-state index in [1.54, 1.807) is 30.5 Å². The predicted octanol–water partition coefficient (Wildman–Crippen LogP) is 6.81. The maximum absolute atomic E-state index is 13.9. The third kappa shape index (κ3) is 5.35. The lowest BCUT2D eigenvalue weighted by Gasteiger charge is -2.22. The van der Waals surface area contributed by atoms with Gasteiger partial charge in [-0.1, -0.05) is 65.5 Å². The van der Waals surface area contributed by atoms with Gasteiger partial charge >= 0.3 is 0 Å². The van der Waals surface area contributed by atoms with Crippen LogP contribution in [-0.2, 0) is 6.61 Å². The van der Waals surface area contributed by atoms with Crippen LogP contribution in [0.1, 0.15) is 55.0 Å². The molecule has 1 aliphatic rings. The fraction of sp³-hybridized carbons (Fsp3) is 0.250. The fourth-order valence-electron chi connectivity index (χ4n) is 4.49. The van der Waals surface area contributed by atoms with Crippen molar-refractivity contribution in [1.29, 1.82) is 0 Å². The Morgan fingerprint density at radius 1 is 1.06 bits per heavy atom. The third-order valence-electron chi connectivity index (χ3n) is 6.34. The summed E-state index contributed by atoms with van der Waals surface area (Å²) < 4.78 is 22.0. The minimum atomic E-state index is -0.296. The second-order valence-electron chi connectivity index (χ2n) is 8.78. The van der Waals surface area contributed by atoms with Gasteiger partial charge in [-0.2, -0.15) is 9.78 Å². The first-order valence-electron chi connectivity index (χ1n) is 11.8. The highest BCUT2D eigenvalue weighted by molar-refractivity contribution is 9.10. The molecular weight excluding hydrogens is 509 g/mol. The van der Waals surface area contributed by atoms with Gasteiger partial charge in [-0.15, -0.1) is 0 Å². The van der Waals surface area contributed by atoms with Gasteiger partial charge < -0.3 is 4.74 Å². The fourth-order valence-corrected chi connectivity index (χ4v) is 4.85. The zero-order chi connectivity index (χ0) is 24.2. The van der Waals surface area contributed by atoms with Crippen LogP contribution in [0.15, 0.2) is 81.1 Å². The topological polar surface area (TPSA) is 56.5 Å². The van der Waals surface area contributed by atoms with Gasteiger partial charge in [0.25, 0.3) is 5.56 Å². The second-order valence-corrected chi connectivity index (χ2v) is 9.70. The Bertz CT molecular complexity index is 1440. The number of nitrogens with zero attached hydrogens (tertiary/aromatic N) is 3. The van der Waals surface area contributed by atoms with Crippen molar-refractivity contribution in [3.63, 3.8) is 0 Å². The minimum absolute atomic E-state index is 0.127. The van der Waals surface area contributed by atoms with Gasteiger partial charge in [0.1, 0.15) is 24.0 Å². The number of fused-ring (bicyclic) bond motifs is 1. The van der Waals surface area contributed by atoms with E-state index in [9.17, 15) is 9.18 Å². The summed E-state index contributed by atoms with van der Waals surface area (Å²) in [6.45, 7) is 0.127. The van der Waals surface area contributed by atoms with Crippen LogP contribution in [0.4, 0.5) is 4.39 Å². The van der Waals surface area contributed by atoms with Crippen LogP contribution >= 0.6 is 15.9 Å². The van der Waals surface area contributed by atoms with Crippen molar-refractivity contribution in [3.8, 4) is 5.75 Å². The monoisotopic (exact) mass is 533 g/mol. The number of ether oxygens (including phenoxy) is 1. The molecule has 4 aromatic rings. The smallest absolute Gasteiger partial charge is 0.282 e. The summed E-state index contributed by atoms with van der Waals surface area (Å²) in [5.41, 5.74) is 1.77. The van der Waals surface area contributed by atoms with E-state index in [1.165, 1.54) is 17.2 Å². The molecule has 0 unspecified atom stereocenters. The van der Waals surface area contributed by atoms with Gasteiger partial charge in [-0.25, -0.2) is 9.37 Å².